The number of carbonyl (C=O) groups is 3. The standard InChI is InChI=1S/C27H38O8/c1-16(22(30)31)12-24(32)9-10-25(15-28)19-3-6-23(2)18(17-11-21(29)35-13-17)5-8-27(23,34)20(19)4-7-26(25,33)14-24/h11,15-16,18-20,32-34H,3-10,12-14H2,1-2H3,(H,30,31)/t16?,18-,19+,20-,23-,24-,25+,26+,27+/m1/s1. The lowest BCUT2D eigenvalue weighted by atomic mass is 9.40. The van der Waals surface area contributed by atoms with Crippen molar-refractivity contribution in [3.8, 4) is 0 Å². The second kappa shape index (κ2) is 7.86. The molecule has 4 fully saturated rings. The zero-order valence-corrected chi connectivity index (χ0v) is 20.7. The zero-order valence-electron chi connectivity index (χ0n) is 20.7. The van der Waals surface area contributed by atoms with Crippen LogP contribution in [0.3, 0.4) is 0 Å². The van der Waals surface area contributed by atoms with E-state index in [4.69, 9.17) is 4.74 Å². The molecule has 4 aliphatic carbocycles. The van der Waals surface area contributed by atoms with Gasteiger partial charge in [0.2, 0.25) is 0 Å². The molecule has 1 unspecified atom stereocenters. The fraction of sp³-hybridized carbons (Fsp3) is 0.815. The normalized spacial score (nSPS) is 49.8. The number of carboxylic acids is 1. The summed E-state index contributed by atoms with van der Waals surface area (Å²) in [5, 5.41) is 44.8. The Kier molecular flexibility index (Phi) is 5.59. The first kappa shape index (κ1) is 24.9. The number of esters is 1. The van der Waals surface area contributed by atoms with Crippen molar-refractivity contribution in [1.29, 1.82) is 0 Å². The van der Waals surface area contributed by atoms with Gasteiger partial charge in [0.15, 0.2) is 0 Å². The summed E-state index contributed by atoms with van der Waals surface area (Å²) in [4.78, 5) is 36.0. The number of ether oxygens (including phenoxy) is 1. The van der Waals surface area contributed by atoms with Gasteiger partial charge in [-0.3, -0.25) is 4.79 Å². The lowest BCUT2D eigenvalue weighted by molar-refractivity contribution is -0.260. The molecule has 194 valence electrons. The van der Waals surface area contributed by atoms with Crippen LogP contribution in [0, 0.1) is 34.5 Å². The first-order valence-corrected chi connectivity index (χ1v) is 13.1. The highest BCUT2D eigenvalue weighted by Gasteiger charge is 2.72. The number of carboxylic acid groups (broad SMARTS) is 1. The van der Waals surface area contributed by atoms with Crippen LogP contribution in [0.1, 0.15) is 78.1 Å². The molecule has 0 spiro atoms. The van der Waals surface area contributed by atoms with E-state index in [1.54, 1.807) is 13.0 Å². The SMILES string of the molecule is CC(C[C@]1(O)CC[C@]2(C=O)[C@H]3CC[C@]4(C)[C@@H](C5=CC(=O)OC5)CC[C@]4(O)[C@@H]3CC[C@]2(O)C1)C(=O)O. The summed E-state index contributed by atoms with van der Waals surface area (Å²) in [5.41, 5.74) is -4.37. The number of aldehydes is 1. The minimum absolute atomic E-state index is 0.0236. The Labute approximate surface area is 205 Å². The number of aliphatic hydroxyl groups is 3. The minimum atomic E-state index is -1.43. The molecule has 4 saturated carbocycles. The Bertz CT molecular complexity index is 976. The number of hydrogen-bond donors (Lipinski definition) is 4. The van der Waals surface area contributed by atoms with Crippen molar-refractivity contribution in [3.63, 3.8) is 0 Å². The molecule has 0 amide bonds. The number of carbonyl (C=O) groups excluding carboxylic acids is 2. The third-order valence-electron chi connectivity index (χ3n) is 11.1. The highest BCUT2D eigenvalue weighted by atomic mass is 16.5. The van der Waals surface area contributed by atoms with E-state index in [-0.39, 0.29) is 62.4 Å². The van der Waals surface area contributed by atoms with Crippen molar-refractivity contribution in [1.82, 2.24) is 0 Å². The van der Waals surface area contributed by atoms with Gasteiger partial charge in [-0.1, -0.05) is 13.8 Å². The third-order valence-corrected chi connectivity index (χ3v) is 11.1. The van der Waals surface area contributed by atoms with Gasteiger partial charge in [0.1, 0.15) is 12.9 Å². The molecule has 0 bridgehead atoms. The van der Waals surface area contributed by atoms with Crippen LogP contribution in [0.2, 0.25) is 0 Å². The molecule has 8 heteroatoms. The van der Waals surface area contributed by atoms with Crippen LogP contribution in [0.15, 0.2) is 11.6 Å². The molecule has 0 aromatic rings. The first-order chi connectivity index (χ1) is 16.3. The fourth-order valence-electron chi connectivity index (χ4n) is 9.30. The maximum absolute atomic E-state index is 12.8. The largest absolute Gasteiger partial charge is 0.481 e. The van der Waals surface area contributed by atoms with Gasteiger partial charge in [-0.05, 0) is 81.1 Å². The van der Waals surface area contributed by atoms with Gasteiger partial charge in [-0.25, -0.2) is 4.79 Å². The maximum Gasteiger partial charge on any atom is 0.331 e. The Morgan fingerprint density at radius 3 is 2.46 bits per heavy atom. The average Bonchev–Trinajstić information content (AvgIpc) is 3.32. The summed E-state index contributed by atoms with van der Waals surface area (Å²) in [6.07, 6.45) is 6.49. The van der Waals surface area contributed by atoms with Crippen LogP contribution in [0.5, 0.6) is 0 Å². The number of cyclic esters (lactones) is 1. The van der Waals surface area contributed by atoms with Gasteiger partial charge >= 0.3 is 11.9 Å². The number of rotatable bonds is 5. The molecule has 0 radical (unpaired) electrons. The monoisotopic (exact) mass is 490 g/mol. The number of hydrogen-bond acceptors (Lipinski definition) is 7. The summed E-state index contributed by atoms with van der Waals surface area (Å²) < 4.78 is 5.17. The Hall–Kier alpha value is -1.77. The Morgan fingerprint density at radius 2 is 1.83 bits per heavy atom. The van der Waals surface area contributed by atoms with Crippen molar-refractivity contribution >= 4 is 18.2 Å². The molecule has 1 heterocycles. The van der Waals surface area contributed by atoms with E-state index < -0.39 is 39.5 Å². The van der Waals surface area contributed by atoms with Gasteiger partial charge in [0.25, 0.3) is 0 Å². The molecule has 8 nitrogen and oxygen atoms in total. The van der Waals surface area contributed by atoms with Crippen molar-refractivity contribution in [2.45, 2.75) is 94.9 Å². The molecule has 1 aliphatic heterocycles. The molecule has 4 N–H and O–H groups in total. The third kappa shape index (κ3) is 3.32. The van der Waals surface area contributed by atoms with E-state index in [1.165, 1.54) is 0 Å². The maximum atomic E-state index is 12.8. The van der Waals surface area contributed by atoms with Crippen LogP contribution in [0.4, 0.5) is 0 Å². The van der Waals surface area contributed by atoms with Crippen LogP contribution in [0.25, 0.3) is 0 Å². The fourth-order valence-corrected chi connectivity index (χ4v) is 9.30. The summed E-state index contributed by atoms with van der Waals surface area (Å²) in [5.74, 6) is -2.41. The molecule has 9 atom stereocenters. The smallest absolute Gasteiger partial charge is 0.331 e. The predicted molar refractivity (Wildman–Crippen MR) is 124 cm³/mol. The van der Waals surface area contributed by atoms with Crippen molar-refractivity contribution in [3.05, 3.63) is 11.6 Å². The predicted octanol–water partition coefficient (Wildman–Crippen LogP) is 2.38. The van der Waals surface area contributed by atoms with Crippen LogP contribution in [-0.2, 0) is 19.1 Å². The number of fused-ring (bicyclic) bond motifs is 5. The number of aliphatic carboxylic acids is 1. The minimum Gasteiger partial charge on any atom is -0.481 e. The summed E-state index contributed by atoms with van der Waals surface area (Å²) in [6.45, 7) is 3.93. The summed E-state index contributed by atoms with van der Waals surface area (Å²) in [6, 6.07) is 0. The lowest BCUT2D eigenvalue weighted by Crippen LogP contribution is -2.70. The molecule has 0 saturated heterocycles. The first-order valence-electron chi connectivity index (χ1n) is 13.1. The highest BCUT2D eigenvalue weighted by Crippen LogP contribution is 2.71. The van der Waals surface area contributed by atoms with E-state index in [0.29, 0.717) is 25.7 Å². The molecule has 0 aromatic heterocycles. The van der Waals surface area contributed by atoms with Gasteiger partial charge in [0, 0.05) is 17.9 Å². The molecule has 5 aliphatic rings. The van der Waals surface area contributed by atoms with Crippen molar-refractivity contribution < 1.29 is 39.5 Å². The molecular weight excluding hydrogens is 452 g/mol. The summed E-state index contributed by atoms with van der Waals surface area (Å²) in [7, 11) is 0. The van der Waals surface area contributed by atoms with Crippen molar-refractivity contribution in [2.24, 2.45) is 34.5 Å². The highest BCUT2D eigenvalue weighted by molar-refractivity contribution is 5.85. The quantitative estimate of drug-likeness (QED) is 0.340. The van der Waals surface area contributed by atoms with Crippen LogP contribution < -0.4 is 0 Å². The van der Waals surface area contributed by atoms with Gasteiger partial charge < -0.3 is 30.0 Å². The van der Waals surface area contributed by atoms with E-state index in [1.807, 2.05) is 0 Å². The zero-order chi connectivity index (χ0) is 25.4. The van der Waals surface area contributed by atoms with E-state index in [9.17, 15) is 34.8 Å². The lowest BCUT2D eigenvalue weighted by Gasteiger charge is -2.66. The molecule has 35 heavy (non-hydrogen) atoms. The Balaban J connectivity index is 1.45. The second-order valence-electron chi connectivity index (χ2n) is 12.6. The molecular formula is C27H38O8. The topological polar surface area (TPSA) is 141 Å². The molecule has 0 aromatic carbocycles. The van der Waals surface area contributed by atoms with E-state index >= 15 is 0 Å². The van der Waals surface area contributed by atoms with E-state index in [2.05, 4.69) is 6.92 Å². The second-order valence-corrected chi connectivity index (χ2v) is 12.6. The Morgan fingerprint density at radius 1 is 1.11 bits per heavy atom. The van der Waals surface area contributed by atoms with E-state index in [0.717, 1.165) is 18.3 Å². The van der Waals surface area contributed by atoms with Crippen LogP contribution in [-0.4, -0.2) is 62.1 Å². The van der Waals surface area contributed by atoms with Crippen molar-refractivity contribution in [2.75, 3.05) is 6.61 Å². The average molecular weight is 491 g/mol. The van der Waals surface area contributed by atoms with Gasteiger partial charge in [0.05, 0.1) is 28.1 Å². The van der Waals surface area contributed by atoms with Gasteiger partial charge in [-0.2, -0.15) is 0 Å². The van der Waals surface area contributed by atoms with Gasteiger partial charge in [-0.15, -0.1) is 0 Å². The molecule has 5 rings (SSSR count). The summed E-state index contributed by atoms with van der Waals surface area (Å²) >= 11 is 0. The van der Waals surface area contributed by atoms with Crippen LogP contribution >= 0.6 is 0 Å².